The molecule has 5 heteroatoms. The summed E-state index contributed by atoms with van der Waals surface area (Å²) in [5.41, 5.74) is 0. The van der Waals surface area contributed by atoms with E-state index in [0.29, 0.717) is 13.1 Å². The van der Waals surface area contributed by atoms with Gasteiger partial charge in [0.25, 0.3) is 0 Å². The molecule has 1 aliphatic rings. The zero-order valence-electron chi connectivity index (χ0n) is 9.43. The first-order valence-electron chi connectivity index (χ1n) is 5.40. The van der Waals surface area contributed by atoms with Crippen molar-refractivity contribution < 1.29 is 19.7 Å². The molecule has 2 N–H and O–H groups in total. The molecular formula is C10H21NO4. The molecule has 1 fully saturated rings. The second-order valence-corrected chi connectivity index (χ2v) is 3.87. The maximum atomic E-state index is 9.79. The van der Waals surface area contributed by atoms with Crippen molar-refractivity contribution in [2.75, 3.05) is 33.4 Å². The van der Waals surface area contributed by atoms with Gasteiger partial charge in [-0.3, -0.25) is 4.90 Å². The summed E-state index contributed by atoms with van der Waals surface area (Å²) in [6.45, 7) is 4.10. The van der Waals surface area contributed by atoms with E-state index >= 15 is 0 Å². The average molecular weight is 219 g/mol. The fourth-order valence-corrected chi connectivity index (χ4v) is 1.85. The molecular weight excluding hydrogens is 198 g/mol. The lowest BCUT2D eigenvalue weighted by Crippen LogP contribution is -2.37. The van der Waals surface area contributed by atoms with E-state index in [1.807, 2.05) is 0 Å². The van der Waals surface area contributed by atoms with Gasteiger partial charge in [-0.1, -0.05) is 6.92 Å². The van der Waals surface area contributed by atoms with Gasteiger partial charge in [0, 0.05) is 20.2 Å². The second kappa shape index (κ2) is 6.40. The number of hydrogen-bond acceptors (Lipinski definition) is 5. The summed E-state index contributed by atoms with van der Waals surface area (Å²) in [6, 6.07) is 0. The molecule has 0 aromatic heterocycles. The van der Waals surface area contributed by atoms with E-state index < -0.39 is 12.4 Å². The van der Waals surface area contributed by atoms with Crippen LogP contribution in [0.3, 0.4) is 0 Å². The molecule has 0 aliphatic carbocycles. The number of nitrogens with zero attached hydrogens (tertiary/aromatic N) is 1. The predicted octanol–water partition coefficient (Wildman–Crippen LogP) is -0.577. The molecule has 0 saturated carbocycles. The lowest BCUT2D eigenvalue weighted by Gasteiger charge is -2.22. The minimum Gasteiger partial charge on any atom is -0.394 e. The summed E-state index contributed by atoms with van der Waals surface area (Å²) in [5.74, 6) is 0. The maximum Gasteiger partial charge on any atom is 0.184 e. The van der Waals surface area contributed by atoms with Gasteiger partial charge in [0.15, 0.2) is 6.29 Å². The summed E-state index contributed by atoms with van der Waals surface area (Å²) < 4.78 is 10.5. The normalized spacial score (nSPS) is 34.0. The van der Waals surface area contributed by atoms with E-state index in [4.69, 9.17) is 14.6 Å². The number of hydrogen-bond donors (Lipinski definition) is 2. The van der Waals surface area contributed by atoms with E-state index in [2.05, 4.69) is 11.8 Å². The Hall–Kier alpha value is -0.200. The van der Waals surface area contributed by atoms with E-state index in [0.717, 1.165) is 13.0 Å². The Bertz CT molecular complexity index is 177. The highest BCUT2D eigenvalue weighted by Gasteiger charge is 2.30. The number of ether oxygens (including phenoxy) is 2. The SMILES string of the molecule is CCCN1C[C@@H](CO)O[C@H](OC)[C@H](O)C1. The molecule has 90 valence electrons. The smallest absolute Gasteiger partial charge is 0.184 e. The van der Waals surface area contributed by atoms with Crippen LogP contribution in [-0.4, -0.2) is 67.0 Å². The summed E-state index contributed by atoms with van der Waals surface area (Å²) in [7, 11) is 1.50. The zero-order chi connectivity index (χ0) is 11.3. The Balaban J connectivity index is 2.58. The summed E-state index contributed by atoms with van der Waals surface area (Å²) >= 11 is 0. The van der Waals surface area contributed by atoms with Gasteiger partial charge >= 0.3 is 0 Å². The molecule has 1 rings (SSSR count). The van der Waals surface area contributed by atoms with Crippen LogP contribution in [0.4, 0.5) is 0 Å². The molecule has 1 aliphatic heterocycles. The van der Waals surface area contributed by atoms with Crippen molar-refractivity contribution in [1.29, 1.82) is 0 Å². The molecule has 0 spiro atoms. The molecule has 0 unspecified atom stereocenters. The van der Waals surface area contributed by atoms with Gasteiger partial charge in [-0.05, 0) is 13.0 Å². The fourth-order valence-electron chi connectivity index (χ4n) is 1.85. The van der Waals surface area contributed by atoms with Crippen molar-refractivity contribution in [1.82, 2.24) is 4.90 Å². The fraction of sp³-hybridized carbons (Fsp3) is 1.00. The monoisotopic (exact) mass is 219 g/mol. The van der Waals surface area contributed by atoms with E-state index in [-0.39, 0.29) is 12.7 Å². The van der Waals surface area contributed by atoms with Crippen molar-refractivity contribution >= 4 is 0 Å². The molecule has 0 bridgehead atoms. The van der Waals surface area contributed by atoms with Gasteiger partial charge in [-0.25, -0.2) is 0 Å². The maximum absolute atomic E-state index is 9.79. The van der Waals surface area contributed by atoms with E-state index in [1.165, 1.54) is 7.11 Å². The number of aliphatic hydroxyl groups is 2. The van der Waals surface area contributed by atoms with Crippen molar-refractivity contribution in [3.8, 4) is 0 Å². The van der Waals surface area contributed by atoms with Crippen LogP contribution in [0.25, 0.3) is 0 Å². The van der Waals surface area contributed by atoms with Gasteiger partial charge in [0.05, 0.1) is 12.7 Å². The first-order valence-corrected chi connectivity index (χ1v) is 5.40. The molecule has 1 heterocycles. The minimum atomic E-state index is -0.655. The lowest BCUT2D eigenvalue weighted by molar-refractivity contribution is -0.196. The minimum absolute atomic E-state index is 0.0488. The standard InChI is InChI=1S/C10H21NO4/c1-3-4-11-5-8(7-12)15-10(14-2)9(13)6-11/h8-10,12-13H,3-7H2,1-2H3/t8-,9+,10-/m0/s1. The van der Waals surface area contributed by atoms with Gasteiger partial charge in [-0.2, -0.15) is 0 Å². The summed E-state index contributed by atoms with van der Waals surface area (Å²) in [5, 5.41) is 18.9. The van der Waals surface area contributed by atoms with Gasteiger partial charge in [0.2, 0.25) is 0 Å². The van der Waals surface area contributed by atoms with Crippen LogP contribution in [0.2, 0.25) is 0 Å². The predicted molar refractivity (Wildman–Crippen MR) is 55.5 cm³/mol. The third-order valence-electron chi connectivity index (χ3n) is 2.52. The third-order valence-corrected chi connectivity index (χ3v) is 2.52. The number of aliphatic hydroxyl groups excluding tert-OH is 2. The first kappa shape index (κ1) is 12.9. The van der Waals surface area contributed by atoms with Gasteiger partial charge in [-0.15, -0.1) is 0 Å². The Morgan fingerprint density at radius 1 is 1.47 bits per heavy atom. The van der Waals surface area contributed by atoms with Crippen LogP contribution in [0.15, 0.2) is 0 Å². The van der Waals surface area contributed by atoms with Crippen LogP contribution in [-0.2, 0) is 9.47 Å². The Morgan fingerprint density at radius 2 is 2.20 bits per heavy atom. The highest BCUT2D eigenvalue weighted by Crippen LogP contribution is 2.13. The molecule has 0 aromatic carbocycles. The van der Waals surface area contributed by atoms with Crippen LogP contribution in [0.5, 0.6) is 0 Å². The van der Waals surface area contributed by atoms with Crippen molar-refractivity contribution in [2.45, 2.75) is 31.8 Å². The van der Waals surface area contributed by atoms with Crippen LogP contribution < -0.4 is 0 Å². The van der Waals surface area contributed by atoms with Gasteiger partial charge in [0.1, 0.15) is 6.10 Å². The van der Waals surface area contributed by atoms with Crippen LogP contribution >= 0.6 is 0 Å². The molecule has 3 atom stereocenters. The van der Waals surface area contributed by atoms with Crippen molar-refractivity contribution in [3.63, 3.8) is 0 Å². The lowest BCUT2D eigenvalue weighted by atomic mass is 10.3. The highest BCUT2D eigenvalue weighted by molar-refractivity contribution is 4.76. The molecule has 15 heavy (non-hydrogen) atoms. The highest BCUT2D eigenvalue weighted by atomic mass is 16.7. The average Bonchev–Trinajstić information content (AvgIpc) is 2.37. The van der Waals surface area contributed by atoms with Crippen molar-refractivity contribution in [2.24, 2.45) is 0 Å². The molecule has 0 aromatic rings. The number of methoxy groups -OCH3 is 1. The third kappa shape index (κ3) is 3.70. The molecule has 0 radical (unpaired) electrons. The quantitative estimate of drug-likeness (QED) is 0.662. The van der Waals surface area contributed by atoms with E-state index in [9.17, 15) is 5.11 Å². The number of β-amino-alcohol motifs (C(OH)–C–C–N with tert-alkyl or cyclic N) is 1. The molecule has 5 nitrogen and oxygen atoms in total. The molecule has 0 amide bonds. The van der Waals surface area contributed by atoms with Crippen LogP contribution in [0, 0.1) is 0 Å². The first-order chi connectivity index (χ1) is 7.21. The number of rotatable bonds is 4. The Kier molecular flexibility index (Phi) is 5.49. The zero-order valence-corrected chi connectivity index (χ0v) is 9.43. The van der Waals surface area contributed by atoms with E-state index in [1.54, 1.807) is 0 Å². The Labute approximate surface area is 90.6 Å². The van der Waals surface area contributed by atoms with Crippen molar-refractivity contribution in [3.05, 3.63) is 0 Å². The van der Waals surface area contributed by atoms with Gasteiger partial charge < -0.3 is 19.7 Å². The molecule has 1 saturated heterocycles. The summed E-state index contributed by atoms with van der Waals surface area (Å²) in [4.78, 5) is 2.09. The topological polar surface area (TPSA) is 62.2 Å². The largest absolute Gasteiger partial charge is 0.394 e. The summed E-state index contributed by atoms with van der Waals surface area (Å²) in [6.07, 6.45) is -0.552. The Morgan fingerprint density at radius 3 is 2.73 bits per heavy atom. The second-order valence-electron chi connectivity index (χ2n) is 3.87. The van der Waals surface area contributed by atoms with Crippen LogP contribution in [0.1, 0.15) is 13.3 Å².